The Morgan fingerprint density at radius 3 is 1.91 bits per heavy atom. The molecule has 0 atom stereocenters. The van der Waals surface area contributed by atoms with Crippen LogP contribution in [0.25, 0.3) is 22.4 Å². The maximum Gasteiger partial charge on any atom is 0.309 e. The van der Waals surface area contributed by atoms with Crippen LogP contribution in [0.1, 0.15) is 39.9 Å². The first-order valence-electron chi connectivity index (χ1n) is 11.3. The zero-order valence-electron chi connectivity index (χ0n) is 21.0. The minimum Gasteiger partial charge on any atom is -0.497 e. The van der Waals surface area contributed by atoms with Crippen LogP contribution < -0.4 is 14.8 Å². The zero-order valence-corrected chi connectivity index (χ0v) is 21.0. The second-order valence-corrected chi connectivity index (χ2v) is 9.76. The molecule has 1 amide bonds. The van der Waals surface area contributed by atoms with Gasteiger partial charge in [-0.2, -0.15) is 0 Å². The topological polar surface area (TPSA) is 111 Å². The van der Waals surface area contributed by atoms with Gasteiger partial charge in [0, 0.05) is 11.1 Å². The number of hydrogen-bond acceptors (Lipinski definition) is 6. The molecule has 0 bridgehead atoms. The van der Waals surface area contributed by atoms with Crippen molar-refractivity contribution in [3.8, 4) is 33.9 Å². The van der Waals surface area contributed by atoms with Crippen LogP contribution in [-0.2, 0) is 16.0 Å². The molecule has 0 aliphatic rings. The van der Waals surface area contributed by atoms with Crippen LogP contribution in [0.15, 0.2) is 53.1 Å². The molecule has 0 fully saturated rings. The largest absolute Gasteiger partial charge is 0.497 e. The van der Waals surface area contributed by atoms with Gasteiger partial charge in [-0.3, -0.25) is 9.59 Å². The number of aromatic nitrogens is 1. The molecule has 1 heterocycles. The molecular formula is C27H32N2O6. The number of nitrogens with one attached hydrogen (secondary N) is 1. The molecule has 0 saturated carbocycles. The number of carbonyl (C=O) groups excluding carboxylic acids is 1. The van der Waals surface area contributed by atoms with Crippen molar-refractivity contribution in [3.05, 3.63) is 54.3 Å². The van der Waals surface area contributed by atoms with Gasteiger partial charge in [0.05, 0.1) is 31.6 Å². The number of aliphatic carboxylic acids is 1. The monoisotopic (exact) mass is 480 g/mol. The lowest BCUT2D eigenvalue weighted by atomic mass is 9.80. The number of amides is 1. The molecule has 186 valence electrons. The van der Waals surface area contributed by atoms with Gasteiger partial charge in [0.1, 0.15) is 17.2 Å². The Labute approximate surface area is 205 Å². The average molecular weight is 481 g/mol. The molecule has 2 aromatic carbocycles. The molecule has 0 radical (unpaired) electrons. The van der Waals surface area contributed by atoms with E-state index in [0.29, 0.717) is 22.8 Å². The molecular weight excluding hydrogens is 448 g/mol. The van der Waals surface area contributed by atoms with Gasteiger partial charge in [-0.15, -0.1) is 0 Å². The highest BCUT2D eigenvalue weighted by atomic mass is 16.5. The normalized spacial score (nSPS) is 11.7. The van der Waals surface area contributed by atoms with Gasteiger partial charge < -0.3 is 24.4 Å². The molecule has 35 heavy (non-hydrogen) atoms. The molecule has 0 saturated heterocycles. The summed E-state index contributed by atoms with van der Waals surface area (Å²) in [4.78, 5) is 24.6. The summed E-state index contributed by atoms with van der Waals surface area (Å²) in [7, 11) is 3.20. The van der Waals surface area contributed by atoms with E-state index in [4.69, 9.17) is 14.0 Å². The van der Waals surface area contributed by atoms with Gasteiger partial charge in [-0.05, 0) is 76.1 Å². The Kier molecular flexibility index (Phi) is 7.53. The van der Waals surface area contributed by atoms with E-state index in [0.717, 1.165) is 16.9 Å². The summed E-state index contributed by atoms with van der Waals surface area (Å²) in [6.07, 6.45) is 0.210. The van der Waals surface area contributed by atoms with Crippen LogP contribution >= 0.6 is 0 Å². The highest BCUT2D eigenvalue weighted by molar-refractivity contribution is 5.87. The quantitative estimate of drug-likeness (QED) is 0.422. The second-order valence-electron chi connectivity index (χ2n) is 9.76. The minimum atomic E-state index is -0.987. The molecule has 8 heteroatoms. The molecule has 1 aromatic heterocycles. The highest BCUT2D eigenvalue weighted by Crippen LogP contribution is 2.36. The summed E-state index contributed by atoms with van der Waals surface area (Å²) in [6, 6.07) is 14.9. The van der Waals surface area contributed by atoms with Gasteiger partial charge in [0.2, 0.25) is 5.91 Å². The van der Waals surface area contributed by atoms with Gasteiger partial charge in [-0.25, -0.2) is 0 Å². The van der Waals surface area contributed by atoms with Crippen LogP contribution in [0.3, 0.4) is 0 Å². The van der Waals surface area contributed by atoms with Gasteiger partial charge in [0.25, 0.3) is 0 Å². The summed E-state index contributed by atoms with van der Waals surface area (Å²) >= 11 is 0. The molecule has 2 N–H and O–H groups in total. The van der Waals surface area contributed by atoms with Crippen LogP contribution in [-0.4, -0.2) is 41.9 Å². The summed E-state index contributed by atoms with van der Waals surface area (Å²) in [6.45, 7) is 6.90. The zero-order chi connectivity index (χ0) is 25.8. The van der Waals surface area contributed by atoms with Crippen molar-refractivity contribution in [1.29, 1.82) is 0 Å². The van der Waals surface area contributed by atoms with Crippen LogP contribution in [0, 0.1) is 5.41 Å². The number of rotatable bonds is 10. The fourth-order valence-electron chi connectivity index (χ4n) is 4.24. The first kappa shape index (κ1) is 25.8. The number of carbonyl (C=O) groups is 2. The van der Waals surface area contributed by atoms with Crippen molar-refractivity contribution < 1.29 is 28.7 Å². The van der Waals surface area contributed by atoms with E-state index in [2.05, 4.69) is 10.5 Å². The number of ether oxygens (including phenoxy) is 2. The third kappa shape index (κ3) is 6.20. The molecule has 0 aliphatic carbocycles. The molecule has 0 aliphatic heterocycles. The Balaban J connectivity index is 1.93. The SMILES string of the molecule is COc1ccc(-c2noc(CC(=O)NC(C)(C)CC(C)(C)C(=O)O)c2-c2ccc(OC)cc2)cc1. The van der Waals surface area contributed by atoms with Crippen molar-refractivity contribution in [1.82, 2.24) is 10.5 Å². The van der Waals surface area contributed by atoms with E-state index in [9.17, 15) is 14.7 Å². The number of nitrogens with zero attached hydrogens (tertiary/aromatic N) is 1. The van der Waals surface area contributed by atoms with Crippen molar-refractivity contribution in [3.63, 3.8) is 0 Å². The number of carboxylic acids is 1. The molecule has 0 unspecified atom stereocenters. The Morgan fingerprint density at radius 2 is 1.43 bits per heavy atom. The first-order valence-corrected chi connectivity index (χ1v) is 11.3. The number of benzene rings is 2. The predicted octanol–water partition coefficient (Wildman–Crippen LogP) is 4.96. The van der Waals surface area contributed by atoms with E-state index in [1.165, 1.54) is 0 Å². The van der Waals surface area contributed by atoms with Crippen molar-refractivity contribution in [2.45, 2.75) is 46.1 Å². The van der Waals surface area contributed by atoms with E-state index in [1.54, 1.807) is 28.1 Å². The van der Waals surface area contributed by atoms with Crippen LogP contribution in [0.2, 0.25) is 0 Å². The third-order valence-electron chi connectivity index (χ3n) is 5.77. The number of hydrogen-bond donors (Lipinski definition) is 2. The van der Waals surface area contributed by atoms with Crippen molar-refractivity contribution in [2.24, 2.45) is 5.41 Å². The fraction of sp³-hybridized carbons (Fsp3) is 0.370. The minimum absolute atomic E-state index is 0.0541. The lowest BCUT2D eigenvalue weighted by molar-refractivity contribution is -0.148. The van der Waals surface area contributed by atoms with Crippen molar-refractivity contribution in [2.75, 3.05) is 14.2 Å². The van der Waals surface area contributed by atoms with E-state index < -0.39 is 16.9 Å². The lowest BCUT2D eigenvalue weighted by Gasteiger charge is -2.33. The van der Waals surface area contributed by atoms with E-state index >= 15 is 0 Å². The smallest absolute Gasteiger partial charge is 0.309 e. The maximum absolute atomic E-state index is 13.0. The number of methoxy groups -OCH3 is 2. The standard InChI is InChI=1S/C27H32N2O6/c1-26(2,25(31)32)16-27(3,4)28-22(30)15-21-23(17-7-11-19(33-5)12-8-17)24(29-35-21)18-9-13-20(34-6)14-10-18/h7-14H,15-16H2,1-6H3,(H,28,30)(H,31,32). The van der Waals surface area contributed by atoms with Crippen LogP contribution in [0.5, 0.6) is 11.5 Å². The van der Waals surface area contributed by atoms with Crippen LogP contribution in [0.4, 0.5) is 0 Å². The lowest BCUT2D eigenvalue weighted by Crippen LogP contribution is -2.48. The molecule has 8 nitrogen and oxygen atoms in total. The Hall–Kier alpha value is -3.81. The van der Waals surface area contributed by atoms with E-state index in [-0.39, 0.29) is 18.7 Å². The highest BCUT2D eigenvalue weighted by Gasteiger charge is 2.36. The molecule has 3 rings (SSSR count). The molecule has 0 spiro atoms. The number of carboxylic acid groups (broad SMARTS) is 1. The Morgan fingerprint density at radius 1 is 0.914 bits per heavy atom. The molecule has 3 aromatic rings. The predicted molar refractivity (Wildman–Crippen MR) is 132 cm³/mol. The second kappa shape index (κ2) is 10.2. The average Bonchev–Trinajstić information content (AvgIpc) is 3.21. The summed E-state index contributed by atoms with van der Waals surface area (Å²) in [5.74, 6) is 0.629. The van der Waals surface area contributed by atoms with Crippen molar-refractivity contribution >= 4 is 11.9 Å². The third-order valence-corrected chi connectivity index (χ3v) is 5.77. The summed E-state index contributed by atoms with van der Waals surface area (Å²) < 4.78 is 16.2. The van der Waals surface area contributed by atoms with E-state index in [1.807, 2.05) is 62.4 Å². The van der Waals surface area contributed by atoms with Gasteiger partial charge >= 0.3 is 5.97 Å². The summed E-state index contributed by atoms with van der Waals surface area (Å²) in [5, 5.41) is 16.7. The van der Waals surface area contributed by atoms with Gasteiger partial charge in [0.15, 0.2) is 5.76 Å². The Bertz CT molecular complexity index is 1180. The first-order chi connectivity index (χ1) is 16.5. The fourth-order valence-corrected chi connectivity index (χ4v) is 4.24. The summed E-state index contributed by atoms with van der Waals surface area (Å²) in [5.41, 5.74) is 1.22. The maximum atomic E-state index is 13.0. The van der Waals surface area contributed by atoms with Gasteiger partial charge in [-0.1, -0.05) is 17.3 Å².